The predicted molar refractivity (Wildman–Crippen MR) is 86.0 cm³/mol. The van der Waals surface area contributed by atoms with Gasteiger partial charge in [-0.15, -0.1) is 0 Å². The number of hydrogen-bond donors (Lipinski definition) is 0. The Bertz CT molecular complexity index is 1160. The molecule has 1 aromatic carbocycles. The number of hydrogen-bond acceptors (Lipinski definition) is 2. The van der Waals surface area contributed by atoms with E-state index in [0.29, 0.717) is 10.9 Å². The molecule has 2 aromatic heterocycles. The van der Waals surface area contributed by atoms with Crippen molar-refractivity contribution < 1.29 is 14.4 Å². The van der Waals surface area contributed by atoms with Gasteiger partial charge in [0, 0.05) is 60.8 Å². The fraction of sp³-hybridized carbons (Fsp3) is 0.333. The molecule has 0 spiro atoms. The number of carbonyl (C=O) groups excluding carboxylic acids is 1. The molecule has 1 aliphatic rings. The van der Waals surface area contributed by atoms with Crippen LogP contribution in [0, 0.1) is 12.8 Å². The van der Waals surface area contributed by atoms with Gasteiger partial charge >= 0.3 is 0 Å². The molecule has 0 amide bonds. The molecule has 0 bridgehead atoms. The Hall–Kier alpha value is -2.36. The minimum absolute atomic E-state index is 0.148. The monoisotopic (exact) mass is 300 g/mol. The molecule has 4 nitrogen and oxygen atoms in total. The molecule has 3 aromatic rings. The highest BCUT2D eigenvalue weighted by atomic mass is 16.1. The third-order valence-electron chi connectivity index (χ3n) is 3.92. The summed E-state index contributed by atoms with van der Waals surface area (Å²) in [4.78, 5) is 17.6. The van der Waals surface area contributed by atoms with E-state index in [1.54, 1.807) is 24.3 Å². The number of fused-ring (bicyclic) bond motifs is 3. The number of carbonyl (C=O) groups is 1. The zero-order valence-electron chi connectivity index (χ0n) is 19.2. The number of rotatable bonds is 2. The molecule has 0 radical (unpaired) electrons. The second-order valence-electron chi connectivity index (χ2n) is 5.21. The summed E-state index contributed by atoms with van der Waals surface area (Å²) in [6.07, 6.45) is -3.49. The van der Waals surface area contributed by atoms with Gasteiger partial charge in [-0.1, -0.05) is 18.2 Å². The van der Waals surface area contributed by atoms with Gasteiger partial charge in [-0.2, -0.15) is 0 Å². The summed E-state index contributed by atoms with van der Waals surface area (Å²) in [5.41, 5.74) is 0.170. The minimum atomic E-state index is -3.19. The van der Waals surface area contributed by atoms with E-state index in [9.17, 15) is 4.79 Å². The number of para-hydroxylation sites is 1. The maximum Gasteiger partial charge on any atom is 0.170 e. The molecule has 1 aliphatic carbocycles. The molecule has 112 valence electrons. The van der Waals surface area contributed by atoms with E-state index in [1.165, 1.54) is 30.9 Å². The molecule has 0 aliphatic heterocycles. The van der Waals surface area contributed by atoms with Gasteiger partial charge in [0.2, 0.25) is 0 Å². The maximum absolute atomic E-state index is 13.6. The topological polar surface area (TPSA) is 39.8 Å². The van der Waals surface area contributed by atoms with Crippen LogP contribution in [0.5, 0.6) is 0 Å². The van der Waals surface area contributed by atoms with Crippen LogP contribution in [0.15, 0.2) is 36.7 Å². The van der Waals surface area contributed by atoms with Crippen molar-refractivity contribution in [2.24, 2.45) is 12.9 Å². The SMILES string of the molecule is [2H]C1([2H])c2c(c3ccccc3n2C)C(=O)C([2H])(C([2H])([2H])n2ccnc2C)C1([2H])[2H]. The lowest BCUT2D eigenvalue weighted by molar-refractivity contribution is 0.0888. The Kier molecular flexibility index (Phi) is 1.71. The average molecular weight is 300 g/mol. The number of aromatic nitrogens is 3. The summed E-state index contributed by atoms with van der Waals surface area (Å²) < 4.78 is 62.7. The minimum Gasteiger partial charge on any atom is -0.347 e. The zero-order valence-corrected chi connectivity index (χ0v) is 12.2. The number of ketones is 1. The van der Waals surface area contributed by atoms with Crippen molar-refractivity contribution in [2.75, 3.05) is 0 Å². The van der Waals surface area contributed by atoms with Crippen LogP contribution >= 0.6 is 0 Å². The number of imidazole rings is 1. The molecule has 22 heavy (non-hydrogen) atoms. The van der Waals surface area contributed by atoms with E-state index in [-0.39, 0.29) is 17.1 Å². The summed E-state index contributed by atoms with van der Waals surface area (Å²) in [7, 11) is 1.54. The first-order chi connectivity index (χ1) is 13.3. The second kappa shape index (κ2) is 4.83. The van der Waals surface area contributed by atoms with Crippen molar-refractivity contribution in [3.05, 3.63) is 53.7 Å². The smallest absolute Gasteiger partial charge is 0.170 e. The number of nitrogens with zero attached hydrogens (tertiary/aromatic N) is 3. The van der Waals surface area contributed by atoms with Gasteiger partial charge in [0.1, 0.15) is 5.82 Å². The molecule has 0 saturated heterocycles. The van der Waals surface area contributed by atoms with E-state index < -0.39 is 30.9 Å². The fourth-order valence-electron chi connectivity index (χ4n) is 2.77. The van der Waals surface area contributed by atoms with Crippen LogP contribution in [0.2, 0.25) is 0 Å². The molecule has 0 N–H and O–H groups in total. The zero-order chi connectivity index (χ0) is 21.6. The Labute approximate surface area is 139 Å². The largest absolute Gasteiger partial charge is 0.347 e. The van der Waals surface area contributed by atoms with Crippen molar-refractivity contribution in [3.63, 3.8) is 0 Å². The summed E-state index contributed by atoms with van der Waals surface area (Å²) in [6.45, 7) is -1.43. The molecule has 0 fully saturated rings. The van der Waals surface area contributed by atoms with E-state index in [4.69, 9.17) is 9.60 Å². The predicted octanol–water partition coefficient (Wildman–Crippen LogP) is 3.13. The van der Waals surface area contributed by atoms with E-state index >= 15 is 0 Å². The van der Waals surface area contributed by atoms with Gasteiger partial charge in [-0.05, 0) is 25.7 Å². The lowest BCUT2D eigenvalue weighted by Gasteiger charge is -2.23. The van der Waals surface area contributed by atoms with Gasteiger partial charge in [-0.3, -0.25) is 4.79 Å². The van der Waals surface area contributed by atoms with Crippen molar-refractivity contribution in [3.8, 4) is 0 Å². The third kappa shape index (κ3) is 1.83. The molecule has 4 heteroatoms. The number of Topliss-reactive ketones (excluding diaryl/α,β-unsaturated/α-hetero) is 1. The van der Waals surface area contributed by atoms with Crippen LogP contribution in [-0.2, 0) is 19.9 Å². The Morgan fingerprint density at radius 2 is 2.32 bits per heavy atom. The molecule has 0 saturated carbocycles. The van der Waals surface area contributed by atoms with E-state index in [2.05, 4.69) is 4.98 Å². The Morgan fingerprint density at radius 1 is 1.50 bits per heavy atom. The normalized spacial score (nSPS) is 31.2. The van der Waals surface area contributed by atoms with Gasteiger partial charge < -0.3 is 9.13 Å². The van der Waals surface area contributed by atoms with Crippen LogP contribution in [-0.4, -0.2) is 19.9 Å². The molecule has 1 atom stereocenters. The molecular weight excluding hydrogens is 274 g/mol. The lowest BCUT2D eigenvalue weighted by atomic mass is 9.85. The van der Waals surface area contributed by atoms with Crippen LogP contribution in [0.1, 0.15) is 37.8 Å². The highest BCUT2D eigenvalue weighted by molar-refractivity contribution is 6.11. The van der Waals surface area contributed by atoms with E-state index in [0.717, 1.165) is 4.57 Å². The van der Waals surface area contributed by atoms with Crippen LogP contribution in [0.4, 0.5) is 0 Å². The van der Waals surface area contributed by atoms with Crippen LogP contribution in [0.25, 0.3) is 10.9 Å². The lowest BCUT2D eigenvalue weighted by Crippen LogP contribution is -2.27. The highest BCUT2D eigenvalue weighted by Gasteiger charge is 2.32. The molecule has 4 rings (SSSR count). The van der Waals surface area contributed by atoms with Crippen LogP contribution in [0.3, 0.4) is 0 Å². The second-order valence-corrected chi connectivity index (χ2v) is 5.21. The first kappa shape index (κ1) is 7.77. The first-order valence-corrected chi connectivity index (χ1v) is 6.95. The average Bonchev–Trinajstić information content (AvgIpc) is 3.21. The molecular formula is C18H19N3O. The summed E-state index contributed by atoms with van der Waals surface area (Å²) in [5.74, 6) is -4.05. The quantitative estimate of drug-likeness (QED) is 0.729. The van der Waals surface area contributed by atoms with E-state index in [1.807, 2.05) is 0 Å². The van der Waals surface area contributed by atoms with Crippen LogP contribution < -0.4 is 0 Å². The summed E-state index contributed by atoms with van der Waals surface area (Å²) >= 11 is 0. The first-order valence-electron chi connectivity index (χ1n) is 10.4. The molecule has 2 heterocycles. The van der Waals surface area contributed by atoms with Crippen molar-refractivity contribution in [2.45, 2.75) is 26.2 Å². The van der Waals surface area contributed by atoms with Gasteiger partial charge in [0.05, 0.1) is 2.74 Å². The highest BCUT2D eigenvalue weighted by Crippen LogP contribution is 2.34. The maximum atomic E-state index is 13.6. The standard InChI is InChI=1S/C18H19N3O/c1-12-19-9-10-21(12)11-13-7-8-16-17(18(13)22)14-5-3-4-6-15(14)20(16)2/h3-6,9-10,13H,7-8,11H2,1-2H3/i7D2,8D2,11D2,13D. The van der Waals surface area contributed by atoms with Gasteiger partial charge in [-0.25, -0.2) is 4.98 Å². The van der Waals surface area contributed by atoms with Gasteiger partial charge in [0.15, 0.2) is 5.78 Å². The fourth-order valence-corrected chi connectivity index (χ4v) is 2.77. The summed E-state index contributed by atoms with van der Waals surface area (Å²) in [5, 5.41) is 0.365. The Balaban J connectivity index is 2.13. The Morgan fingerprint density at radius 3 is 3.09 bits per heavy atom. The van der Waals surface area contributed by atoms with Gasteiger partial charge in [0.25, 0.3) is 0 Å². The van der Waals surface area contributed by atoms with Crippen molar-refractivity contribution in [1.82, 2.24) is 14.1 Å². The van der Waals surface area contributed by atoms with Crippen molar-refractivity contribution >= 4 is 16.7 Å². The summed E-state index contributed by atoms with van der Waals surface area (Å²) in [6, 6.07) is 6.65. The van der Waals surface area contributed by atoms with Crippen molar-refractivity contribution in [1.29, 1.82) is 0 Å². The molecule has 1 unspecified atom stereocenters. The number of benzene rings is 1. The third-order valence-corrected chi connectivity index (χ3v) is 3.92. The number of aryl methyl sites for hydroxylation is 2.